The molecule has 0 aliphatic carbocycles. The lowest BCUT2D eigenvalue weighted by Crippen LogP contribution is -2.43. The maximum Gasteiger partial charge on any atom is 0.235 e. The fourth-order valence-corrected chi connectivity index (χ4v) is 2.92. The molecule has 4 heteroatoms. The second-order valence-corrected chi connectivity index (χ2v) is 5.16. The van der Waals surface area contributed by atoms with Crippen molar-refractivity contribution in [3.05, 3.63) is 0 Å². The van der Waals surface area contributed by atoms with Gasteiger partial charge in [-0.05, 0) is 32.4 Å². The fraction of sp³-hybridized carbons (Fsp3) is 0.900. The maximum atomic E-state index is 12.0. The summed E-state index contributed by atoms with van der Waals surface area (Å²) in [6.45, 7) is 4.51. The Labute approximate surface area is 89.9 Å². The molecule has 1 fully saturated rings. The molecule has 1 N–H and O–H groups in total. The van der Waals surface area contributed by atoms with Gasteiger partial charge in [0, 0.05) is 12.6 Å². The van der Waals surface area contributed by atoms with E-state index >= 15 is 0 Å². The highest BCUT2D eigenvalue weighted by atomic mass is 32.2. The fourth-order valence-electron chi connectivity index (χ4n) is 1.69. The molecule has 0 radical (unpaired) electrons. The standard InChI is InChI=1S/C10H19NO2S/c1-8(2)11(5-6-12)10(13)9-4-3-7-14-9/h8-9,12H,3-7H2,1-2H3. The number of carbonyl (C=O) groups is 1. The van der Waals surface area contributed by atoms with Crippen LogP contribution < -0.4 is 0 Å². The van der Waals surface area contributed by atoms with Crippen LogP contribution in [0.5, 0.6) is 0 Å². The van der Waals surface area contributed by atoms with Crippen molar-refractivity contribution >= 4 is 17.7 Å². The summed E-state index contributed by atoms with van der Waals surface area (Å²) in [6.07, 6.45) is 2.14. The first kappa shape index (κ1) is 11.9. The average molecular weight is 217 g/mol. The molecule has 1 saturated heterocycles. The van der Waals surface area contributed by atoms with Crippen LogP contribution in [0.2, 0.25) is 0 Å². The van der Waals surface area contributed by atoms with Crippen molar-refractivity contribution in [1.29, 1.82) is 0 Å². The molecule has 1 amide bonds. The van der Waals surface area contributed by atoms with E-state index in [1.54, 1.807) is 16.7 Å². The van der Waals surface area contributed by atoms with Gasteiger partial charge in [-0.1, -0.05) is 0 Å². The first-order valence-corrected chi connectivity index (χ1v) is 6.24. The second kappa shape index (κ2) is 5.61. The molecule has 0 aromatic carbocycles. The monoisotopic (exact) mass is 217 g/mol. The molecular weight excluding hydrogens is 198 g/mol. The van der Waals surface area contributed by atoms with Gasteiger partial charge in [-0.2, -0.15) is 0 Å². The number of aliphatic hydroxyl groups is 1. The van der Waals surface area contributed by atoms with Crippen molar-refractivity contribution in [1.82, 2.24) is 4.90 Å². The minimum atomic E-state index is 0.0569. The van der Waals surface area contributed by atoms with E-state index in [1.165, 1.54) is 0 Å². The summed E-state index contributed by atoms with van der Waals surface area (Å²) in [7, 11) is 0. The quantitative estimate of drug-likeness (QED) is 0.767. The zero-order valence-corrected chi connectivity index (χ0v) is 9.72. The third-order valence-electron chi connectivity index (χ3n) is 2.45. The molecule has 1 heterocycles. The topological polar surface area (TPSA) is 40.5 Å². The van der Waals surface area contributed by atoms with Gasteiger partial charge in [0.2, 0.25) is 5.91 Å². The van der Waals surface area contributed by atoms with E-state index in [4.69, 9.17) is 5.11 Å². The largest absolute Gasteiger partial charge is 0.395 e. The number of carbonyl (C=O) groups excluding carboxylic acids is 1. The summed E-state index contributed by atoms with van der Waals surface area (Å²) in [5.41, 5.74) is 0. The molecule has 0 aromatic rings. The van der Waals surface area contributed by atoms with Crippen LogP contribution in [-0.4, -0.2) is 46.1 Å². The first-order valence-electron chi connectivity index (χ1n) is 5.19. The minimum Gasteiger partial charge on any atom is -0.395 e. The Morgan fingerprint density at radius 2 is 2.36 bits per heavy atom. The van der Waals surface area contributed by atoms with Crippen molar-refractivity contribution in [2.45, 2.75) is 38.0 Å². The highest BCUT2D eigenvalue weighted by molar-refractivity contribution is 8.00. The van der Waals surface area contributed by atoms with Crippen LogP contribution in [0, 0.1) is 0 Å². The number of rotatable bonds is 4. The summed E-state index contributed by atoms with van der Waals surface area (Å²) in [6, 6.07) is 0.191. The maximum absolute atomic E-state index is 12.0. The molecule has 1 unspecified atom stereocenters. The lowest BCUT2D eigenvalue weighted by molar-refractivity contribution is -0.132. The van der Waals surface area contributed by atoms with Crippen LogP contribution in [0.4, 0.5) is 0 Å². The van der Waals surface area contributed by atoms with Crippen LogP contribution in [0.25, 0.3) is 0 Å². The Hall–Kier alpha value is -0.220. The Bertz CT molecular complexity index is 191. The number of thioether (sulfide) groups is 1. The smallest absolute Gasteiger partial charge is 0.235 e. The molecule has 14 heavy (non-hydrogen) atoms. The zero-order valence-electron chi connectivity index (χ0n) is 8.90. The van der Waals surface area contributed by atoms with Gasteiger partial charge in [0.25, 0.3) is 0 Å². The van der Waals surface area contributed by atoms with E-state index < -0.39 is 0 Å². The summed E-state index contributed by atoms with van der Waals surface area (Å²) in [5, 5.41) is 9.02. The summed E-state index contributed by atoms with van der Waals surface area (Å²) in [5.74, 6) is 1.30. The molecule has 1 rings (SSSR count). The number of hydrogen-bond acceptors (Lipinski definition) is 3. The van der Waals surface area contributed by atoms with Crippen molar-refractivity contribution < 1.29 is 9.90 Å². The molecule has 1 aliphatic heterocycles. The van der Waals surface area contributed by atoms with E-state index in [0.29, 0.717) is 6.54 Å². The van der Waals surface area contributed by atoms with E-state index in [9.17, 15) is 4.79 Å². The van der Waals surface area contributed by atoms with E-state index in [2.05, 4.69) is 0 Å². The second-order valence-electron chi connectivity index (χ2n) is 3.85. The highest BCUT2D eigenvalue weighted by Gasteiger charge is 2.28. The third kappa shape index (κ3) is 2.89. The van der Waals surface area contributed by atoms with E-state index in [0.717, 1.165) is 18.6 Å². The molecular formula is C10H19NO2S. The number of nitrogens with zero attached hydrogens (tertiary/aromatic N) is 1. The summed E-state index contributed by atoms with van der Waals surface area (Å²) < 4.78 is 0. The van der Waals surface area contributed by atoms with E-state index in [1.807, 2.05) is 13.8 Å². The number of hydrogen-bond donors (Lipinski definition) is 1. The predicted molar refractivity (Wildman–Crippen MR) is 59.4 cm³/mol. The van der Waals surface area contributed by atoms with Gasteiger partial charge in [0.05, 0.1) is 11.9 Å². The van der Waals surface area contributed by atoms with Crippen LogP contribution >= 0.6 is 11.8 Å². The zero-order chi connectivity index (χ0) is 10.6. The van der Waals surface area contributed by atoms with Crippen LogP contribution in [0.3, 0.4) is 0 Å². The molecule has 3 nitrogen and oxygen atoms in total. The molecule has 1 atom stereocenters. The molecule has 82 valence electrons. The number of amides is 1. The summed E-state index contributed by atoms with van der Waals surface area (Å²) >= 11 is 1.75. The first-order chi connectivity index (χ1) is 6.66. The highest BCUT2D eigenvalue weighted by Crippen LogP contribution is 2.28. The van der Waals surface area contributed by atoms with Gasteiger partial charge >= 0.3 is 0 Å². The lowest BCUT2D eigenvalue weighted by Gasteiger charge is -2.28. The van der Waals surface area contributed by atoms with Crippen LogP contribution in [0.1, 0.15) is 26.7 Å². The normalized spacial score (nSPS) is 21.6. The Balaban J connectivity index is 2.53. The number of aliphatic hydroxyl groups excluding tert-OH is 1. The Kier molecular flexibility index (Phi) is 4.75. The molecule has 0 spiro atoms. The predicted octanol–water partition coefficient (Wildman–Crippen LogP) is 1.11. The molecule has 0 saturated carbocycles. The lowest BCUT2D eigenvalue weighted by atomic mass is 10.2. The van der Waals surface area contributed by atoms with Crippen molar-refractivity contribution in [3.8, 4) is 0 Å². The SMILES string of the molecule is CC(C)N(CCO)C(=O)C1CCCS1. The van der Waals surface area contributed by atoms with Gasteiger partial charge in [0.15, 0.2) is 0 Å². The van der Waals surface area contributed by atoms with E-state index in [-0.39, 0.29) is 23.8 Å². The van der Waals surface area contributed by atoms with Gasteiger partial charge in [0.1, 0.15) is 0 Å². The van der Waals surface area contributed by atoms with Crippen molar-refractivity contribution in [2.75, 3.05) is 18.9 Å². The minimum absolute atomic E-state index is 0.0569. The Morgan fingerprint density at radius 1 is 1.64 bits per heavy atom. The molecule has 0 bridgehead atoms. The third-order valence-corrected chi connectivity index (χ3v) is 3.82. The van der Waals surface area contributed by atoms with Gasteiger partial charge in [-0.15, -0.1) is 11.8 Å². The van der Waals surface area contributed by atoms with Crippen molar-refractivity contribution in [3.63, 3.8) is 0 Å². The van der Waals surface area contributed by atoms with Gasteiger partial charge in [-0.3, -0.25) is 4.79 Å². The van der Waals surface area contributed by atoms with Crippen LogP contribution in [0.15, 0.2) is 0 Å². The average Bonchev–Trinajstić information content (AvgIpc) is 2.65. The van der Waals surface area contributed by atoms with Gasteiger partial charge in [-0.25, -0.2) is 0 Å². The molecule has 0 aromatic heterocycles. The van der Waals surface area contributed by atoms with Crippen LogP contribution in [-0.2, 0) is 4.79 Å². The summed E-state index contributed by atoms with van der Waals surface area (Å²) in [4.78, 5) is 13.8. The van der Waals surface area contributed by atoms with Gasteiger partial charge < -0.3 is 10.0 Å². The van der Waals surface area contributed by atoms with Crippen molar-refractivity contribution in [2.24, 2.45) is 0 Å². The molecule has 1 aliphatic rings. The Morgan fingerprint density at radius 3 is 2.79 bits per heavy atom.